The molecule has 0 unspecified atom stereocenters. The van der Waals surface area contributed by atoms with E-state index >= 15 is 0 Å². The summed E-state index contributed by atoms with van der Waals surface area (Å²) in [6.45, 7) is 5.90. The van der Waals surface area contributed by atoms with Crippen molar-refractivity contribution in [3.05, 3.63) is 89.6 Å². The van der Waals surface area contributed by atoms with Gasteiger partial charge in [0.25, 0.3) is 5.91 Å². The van der Waals surface area contributed by atoms with E-state index in [0.29, 0.717) is 24.7 Å². The van der Waals surface area contributed by atoms with Crippen LogP contribution in [0.2, 0.25) is 0 Å². The van der Waals surface area contributed by atoms with E-state index in [1.54, 1.807) is 12.1 Å². The fourth-order valence-corrected chi connectivity index (χ4v) is 3.36. The molecule has 2 aromatic heterocycles. The third-order valence-corrected chi connectivity index (χ3v) is 5.08. The average molecular weight is 431 g/mol. The van der Waals surface area contributed by atoms with Crippen LogP contribution < -0.4 is 16.0 Å². The van der Waals surface area contributed by atoms with E-state index in [1.807, 2.05) is 49.4 Å². The van der Waals surface area contributed by atoms with Gasteiger partial charge in [-0.1, -0.05) is 30.3 Å². The predicted molar refractivity (Wildman–Crippen MR) is 126 cm³/mol. The third-order valence-electron chi connectivity index (χ3n) is 5.08. The Labute approximate surface area is 186 Å². The van der Waals surface area contributed by atoms with Crippen LogP contribution in [0, 0.1) is 6.92 Å². The maximum absolute atomic E-state index is 12.1. The van der Waals surface area contributed by atoms with Crippen molar-refractivity contribution in [2.24, 2.45) is 4.99 Å². The lowest BCUT2D eigenvalue weighted by molar-refractivity contribution is 0.0996. The monoisotopic (exact) mass is 430 g/mol. The van der Waals surface area contributed by atoms with Gasteiger partial charge in [0.05, 0.1) is 19.4 Å². The Hall–Kier alpha value is -4.00. The second kappa shape index (κ2) is 9.87. The largest absolute Gasteiger partial charge is 0.459 e. The first-order valence-corrected chi connectivity index (χ1v) is 10.6. The summed E-state index contributed by atoms with van der Waals surface area (Å²) >= 11 is 0. The third kappa shape index (κ3) is 5.00. The number of hydrogen-bond donors (Lipinski definition) is 3. The van der Waals surface area contributed by atoms with Crippen LogP contribution in [0.25, 0.3) is 11.0 Å². The molecular formula is C25H26N4O3. The van der Waals surface area contributed by atoms with Crippen LogP contribution >= 0.6 is 0 Å². The van der Waals surface area contributed by atoms with Crippen molar-refractivity contribution in [2.45, 2.75) is 26.9 Å². The van der Waals surface area contributed by atoms with Gasteiger partial charge in [-0.3, -0.25) is 4.79 Å². The summed E-state index contributed by atoms with van der Waals surface area (Å²) in [5.74, 6) is 1.61. The van der Waals surface area contributed by atoms with Crippen molar-refractivity contribution >= 4 is 28.5 Å². The smallest absolute Gasteiger partial charge is 0.291 e. The molecule has 2 heterocycles. The second-order valence-electron chi connectivity index (χ2n) is 7.32. The van der Waals surface area contributed by atoms with Crippen LogP contribution in [0.15, 0.2) is 80.8 Å². The topological polar surface area (TPSA) is 91.8 Å². The van der Waals surface area contributed by atoms with Crippen LogP contribution in [0.3, 0.4) is 0 Å². The Kier molecular flexibility index (Phi) is 6.55. The molecule has 7 nitrogen and oxygen atoms in total. The number of carbonyl (C=O) groups is 1. The van der Waals surface area contributed by atoms with E-state index in [2.05, 4.69) is 33.9 Å². The fourth-order valence-electron chi connectivity index (χ4n) is 3.36. The Morgan fingerprint density at radius 3 is 2.53 bits per heavy atom. The number of rotatable bonds is 7. The zero-order chi connectivity index (χ0) is 22.3. The number of furan rings is 2. The molecule has 0 radical (unpaired) electrons. The molecule has 1 amide bonds. The van der Waals surface area contributed by atoms with Crippen LogP contribution in [0.5, 0.6) is 0 Å². The summed E-state index contributed by atoms with van der Waals surface area (Å²) in [6, 6.07) is 18.9. The highest BCUT2D eigenvalue weighted by atomic mass is 16.3. The van der Waals surface area contributed by atoms with E-state index in [-0.39, 0.29) is 11.7 Å². The first-order valence-electron chi connectivity index (χ1n) is 10.6. The number of benzene rings is 2. The highest BCUT2D eigenvalue weighted by Crippen LogP contribution is 2.24. The maximum Gasteiger partial charge on any atom is 0.291 e. The van der Waals surface area contributed by atoms with Gasteiger partial charge >= 0.3 is 0 Å². The van der Waals surface area contributed by atoms with Gasteiger partial charge in [0.1, 0.15) is 11.3 Å². The van der Waals surface area contributed by atoms with Crippen molar-refractivity contribution in [1.29, 1.82) is 0 Å². The quantitative estimate of drug-likeness (QED) is 0.288. The first kappa shape index (κ1) is 21.2. The number of hydrogen-bond acceptors (Lipinski definition) is 4. The van der Waals surface area contributed by atoms with E-state index in [0.717, 1.165) is 34.4 Å². The molecule has 164 valence electrons. The highest BCUT2D eigenvalue weighted by Gasteiger charge is 2.11. The summed E-state index contributed by atoms with van der Waals surface area (Å²) in [5, 5.41) is 10.5. The van der Waals surface area contributed by atoms with Crippen molar-refractivity contribution in [3.63, 3.8) is 0 Å². The zero-order valence-corrected chi connectivity index (χ0v) is 18.1. The molecule has 4 rings (SSSR count). The van der Waals surface area contributed by atoms with Gasteiger partial charge in [-0.25, -0.2) is 4.99 Å². The van der Waals surface area contributed by atoms with Crippen molar-refractivity contribution in [2.75, 3.05) is 11.9 Å². The standard InChI is InChI=1S/C25H26N4O3/c1-3-26-25(28-16-23-17(2)20-7-4-5-8-21(20)32-23)27-15-18-10-12-19(13-11-18)29-24(30)22-9-6-14-31-22/h4-14H,3,15-16H2,1-2H3,(H,29,30)(H2,26,27,28). The molecule has 32 heavy (non-hydrogen) atoms. The lowest BCUT2D eigenvalue weighted by atomic mass is 10.1. The molecule has 7 heteroatoms. The summed E-state index contributed by atoms with van der Waals surface area (Å²) in [6.07, 6.45) is 1.47. The van der Waals surface area contributed by atoms with Crippen LogP contribution in [-0.4, -0.2) is 18.4 Å². The lowest BCUT2D eigenvalue weighted by Crippen LogP contribution is -2.36. The number of aryl methyl sites for hydroxylation is 1. The number of nitrogens with zero attached hydrogens (tertiary/aromatic N) is 1. The van der Waals surface area contributed by atoms with Crippen molar-refractivity contribution in [3.8, 4) is 0 Å². The van der Waals surface area contributed by atoms with E-state index in [4.69, 9.17) is 8.83 Å². The molecule has 0 saturated heterocycles. The number of aliphatic imine (C=N–C) groups is 1. The summed E-state index contributed by atoms with van der Waals surface area (Å²) < 4.78 is 11.1. The molecule has 0 fully saturated rings. The van der Waals surface area contributed by atoms with Gasteiger partial charge in [0, 0.05) is 23.2 Å². The second-order valence-corrected chi connectivity index (χ2v) is 7.32. The number of fused-ring (bicyclic) bond motifs is 1. The van der Waals surface area contributed by atoms with E-state index in [9.17, 15) is 4.79 Å². The molecule has 0 atom stereocenters. The minimum absolute atomic E-state index is 0.278. The number of anilines is 1. The number of amides is 1. The summed E-state index contributed by atoms with van der Waals surface area (Å²) in [5.41, 5.74) is 3.75. The number of para-hydroxylation sites is 1. The van der Waals surface area contributed by atoms with Crippen molar-refractivity contribution in [1.82, 2.24) is 10.6 Å². The van der Waals surface area contributed by atoms with Gasteiger partial charge in [-0.15, -0.1) is 0 Å². The Morgan fingerprint density at radius 2 is 1.81 bits per heavy atom. The lowest BCUT2D eigenvalue weighted by Gasteiger charge is -2.11. The molecule has 0 saturated carbocycles. The van der Waals surface area contributed by atoms with Crippen LogP contribution in [-0.2, 0) is 13.1 Å². The molecule has 2 aromatic carbocycles. The maximum atomic E-state index is 12.1. The van der Waals surface area contributed by atoms with Gasteiger partial charge in [0.2, 0.25) is 0 Å². The molecule has 0 spiro atoms. The molecule has 3 N–H and O–H groups in total. The van der Waals surface area contributed by atoms with Gasteiger partial charge in [-0.05, 0) is 49.7 Å². The Morgan fingerprint density at radius 1 is 1.00 bits per heavy atom. The summed E-state index contributed by atoms with van der Waals surface area (Å²) in [7, 11) is 0. The number of carbonyl (C=O) groups excluding carboxylic acids is 1. The molecule has 0 aliphatic heterocycles. The average Bonchev–Trinajstić information content (AvgIpc) is 3.46. The number of guanidine groups is 1. The molecule has 4 aromatic rings. The predicted octanol–water partition coefficient (Wildman–Crippen LogP) is 4.84. The molecule has 0 aliphatic rings. The SMILES string of the molecule is CCNC(=NCc1ccc(NC(=O)c2ccco2)cc1)NCc1oc2ccccc2c1C. The molecule has 0 aliphatic carbocycles. The highest BCUT2D eigenvalue weighted by molar-refractivity contribution is 6.02. The Balaban J connectivity index is 1.37. The first-order chi connectivity index (χ1) is 15.6. The molecule has 0 bridgehead atoms. The van der Waals surface area contributed by atoms with Crippen molar-refractivity contribution < 1.29 is 13.6 Å². The zero-order valence-electron chi connectivity index (χ0n) is 18.1. The minimum Gasteiger partial charge on any atom is -0.459 e. The van der Waals surface area contributed by atoms with Gasteiger partial charge in [-0.2, -0.15) is 0 Å². The number of nitrogens with one attached hydrogen (secondary N) is 3. The van der Waals surface area contributed by atoms with Gasteiger partial charge < -0.3 is 24.8 Å². The van der Waals surface area contributed by atoms with Crippen LogP contribution in [0.1, 0.15) is 34.4 Å². The molecular weight excluding hydrogens is 404 g/mol. The Bertz CT molecular complexity index is 1210. The van der Waals surface area contributed by atoms with E-state index in [1.165, 1.54) is 6.26 Å². The van der Waals surface area contributed by atoms with E-state index < -0.39 is 0 Å². The summed E-state index contributed by atoms with van der Waals surface area (Å²) in [4.78, 5) is 16.7. The fraction of sp³-hybridized carbons (Fsp3) is 0.200. The van der Waals surface area contributed by atoms with Crippen LogP contribution in [0.4, 0.5) is 5.69 Å². The normalized spacial score (nSPS) is 11.5. The van der Waals surface area contributed by atoms with Gasteiger partial charge in [0.15, 0.2) is 11.7 Å². The minimum atomic E-state index is -0.278.